The van der Waals surface area contributed by atoms with Crippen LogP contribution < -0.4 is 20.1 Å². The Bertz CT molecular complexity index is 3090. The SMILES string of the molecule is CCn1nc(C)cc1C(=O)Nc1nc2cc(C=O)cc(OCCCOC)c2n1C/C=C/Cn1c2nc(-c3cc(C)nn3CC)ncc2c2cc(C(C)=O)cc(OCCCNC(=O)CCCC(=O)OC)c21. The lowest BCUT2D eigenvalue weighted by Gasteiger charge is -2.13. The molecule has 0 aliphatic rings. The number of rotatable bonds is 25. The number of methoxy groups -OCH3 is 2. The molecule has 20 heteroatoms. The van der Waals surface area contributed by atoms with Crippen LogP contribution in [0.5, 0.6) is 11.5 Å². The Morgan fingerprint density at radius 1 is 0.757 bits per heavy atom. The smallest absolute Gasteiger partial charge is 0.305 e. The standard InChI is InChI=1S/C50H59N11O9/c1-8-60-39(23-31(3)56-60)47-52-29-37-36-27-35(33(5)63)28-42(69-21-13-17-51-43(64)15-12-16-44(65)68-7)45(36)58(48(37)54-47)18-10-11-19-59-46-38(25-34(30-62)26-41(46)70-22-14-20-67-6)53-50(59)55-49(66)40-24-32(4)57-61(40)9-2/h10-11,23-30H,8-9,12-22H2,1-7H3,(H,51,64)(H,53,55,66)/b11-10+. The van der Waals surface area contributed by atoms with Crippen LogP contribution in [0.4, 0.5) is 5.95 Å². The molecule has 20 nitrogen and oxygen atoms in total. The van der Waals surface area contributed by atoms with E-state index in [0.29, 0.717) is 125 Å². The van der Waals surface area contributed by atoms with Gasteiger partial charge in [-0.15, -0.1) is 0 Å². The van der Waals surface area contributed by atoms with Crippen molar-refractivity contribution in [2.45, 2.75) is 92.9 Å². The molecule has 70 heavy (non-hydrogen) atoms. The number of nitrogens with zero attached hydrogens (tertiary/aromatic N) is 9. The number of benzene rings is 2. The van der Waals surface area contributed by atoms with Crippen molar-refractivity contribution >= 4 is 68.8 Å². The molecule has 0 saturated heterocycles. The van der Waals surface area contributed by atoms with Gasteiger partial charge in [-0.25, -0.2) is 15.0 Å². The van der Waals surface area contributed by atoms with Crippen LogP contribution in [0.3, 0.4) is 0 Å². The number of amides is 2. The number of hydrogen-bond acceptors (Lipinski definition) is 14. The summed E-state index contributed by atoms with van der Waals surface area (Å²) in [6, 6.07) is 10.5. The van der Waals surface area contributed by atoms with E-state index in [2.05, 4.69) is 25.6 Å². The molecule has 0 atom stereocenters. The van der Waals surface area contributed by atoms with E-state index in [-0.39, 0.29) is 56.1 Å². The first-order valence-corrected chi connectivity index (χ1v) is 23.3. The summed E-state index contributed by atoms with van der Waals surface area (Å²) in [5.41, 5.74) is 5.73. The van der Waals surface area contributed by atoms with E-state index in [0.717, 1.165) is 17.7 Å². The largest absolute Gasteiger partial charge is 0.491 e. The zero-order valence-electron chi connectivity index (χ0n) is 40.7. The average molecular weight is 958 g/mol. The summed E-state index contributed by atoms with van der Waals surface area (Å²) in [5.74, 6) is 0.463. The van der Waals surface area contributed by atoms with Gasteiger partial charge in [0.1, 0.15) is 40.3 Å². The van der Waals surface area contributed by atoms with Gasteiger partial charge in [0.05, 0.1) is 42.7 Å². The van der Waals surface area contributed by atoms with Crippen molar-refractivity contribution in [2.75, 3.05) is 45.9 Å². The quantitative estimate of drug-likeness (QED) is 0.0197. The first-order valence-electron chi connectivity index (χ1n) is 23.3. The summed E-state index contributed by atoms with van der Waals surface area (Å²) in [6.07, 6.45) is 8.18. The molecular formula is C50H59N11O9. The number of aromatic nitrogens is 9. The minimum Gasteiger partial charge on any atom is -0.491 e. The van der Waals surface area contributed by atoms with Crippen molar-refractivity contribution in [3.05, 3.63) is 83.0 Å². The number of fused-ring (bicyclic) bond motifs is 4. The van der Waals surface area contributed by atoms with Crippen LogP contribution in [-0.4, -0.2) is 114 Å². The van der Waals surface area contributed by atoms with E-state index in [1.54, 1.807) is 42.3 Å². The second kappa shape index (κ2) is 23.0. The normalized spacial score (nSPS) is 11.5. The molecule has 368 valence electrons. The van der Waals surface area contributed by atoms with Crippen molar-refractivity contribution in [1.82, 2.24) is 49.0 Å². The van der Waals surface area contributed by atoms with Crippen molar-refractivity contribution in [1.29, 1.82) is 0 Å². The molecule has 5 aromatic heterocycles. The van der Waals surface area contributed by atoms with Crippen molar-refractivity contribution in [3.8, 4) is 23.0 Å². The monoisotopic (exact) mass is 957 g/mol. The summed E-state index contributed by atoms with van der Waals surface area (Å²) in [6.45, 7) is 12.0. The van der Waals surface area contributed by atoms with E-state index in [9.17, 15) is 24.0 Å². The summed E-state index contributed by atoms with van der Waals surface area (Å²) in [4.78, 5) is 77.7. The number of ether oxygens (including phenoxy) is 4. The number of Topliss-reactive ketones (excluding diaryl/α,β-unsaturated/α-hetero) is 1. The lowest BCUT2D eigenvalue weighted by molar-refractivity contribution is -0.140. The van der Waals surface area contributed by atoms with E-state index < -0.39 is 5.91 Å². The van der Waals surface area contributed by atoms with Gasteiger partial charge in [-0.3, -0.25) is 38.7 Å². The number of anilines is 1. The third kappa shape index (κ3) is 11.4. The molecule has 0 fully saturated rings. The summed E-state index contributed by atoms with van der Waals surface area (Å²) < 4.78 is 29.9. The lowest BCUT2D eigenvalue weighted by atomic mass is 10.1. The Hall–Kier alpha value is -7.74. The number of carbonyl (C=O) groups is 5. The minimum absolute atomic E-state index is 0.154. The number of esters is 1. The zero-order valence-corrected chi connectivity index (χ0v) is 40.7. The van der Waals surface area contributed by atoms with E-state index >= 15 is 0 Å². The predicted molar refractivity (Wildman–Crippen MR) is 262 cm³/mol. The molecule has 7 aromatic rings. The molecule has 2 N–H and O–H groups in total. The minimum atomic E-state index is -0.406. The molecule has 0 radical (unpaired) electrons. The number of allylic oxidation sites excluding steroid dienone is 2. The maximum absolute atomic E-state index is 13.9. The van der Waals surface area contributed by atoms with Gasteiger partial charge in [0, 0.05) is 93.8 Å². The Morgan fingerprint density at radius 2 is 1.47 bits per heavy atom. The summed E-state index contributed by atoms with van der Waals surface area (Å²) in [7, 11) is 2.93. The number of carbonyl (C=O) groups excluding carboxylic acids is 5. The molecule has 7 rings (SSSR count). The first-order chi connectivity index (χ1) is 33.9. The predicted octanol–water partition coefficient (Wildman–Crippen LogP) is 6.82. The van der Waals surface area contributed by atoms with Crippen molar-refractivity contribution < 1.29 is 42.9 Å². The van der Waals surface area contributed by atoms with Gasteiger partial charge in [0.15, 0.2) is 11.6 Å². The van der Waals surface area contributed by atoms with Crippen LogP contribution in [0.2, 0.25) is 0 Å². The Morgan fingerprint density at radius 3 is 2.19 bits per heavy atom. The number of aryl methyl sites for hydroxylation is 4. The molecule has 0 bridgehead atoms. The van der Waals surface area contributed by atoms with Crippen molar-refractivity contribution in [3.63, 3.8) is 0 Å². The molecule has 2 amide bonds. The van der Waals surface area contributed by atoms with Crippen LogP contribution in [0.15, 0.2) is 54.7 Å². The molecule has 0 aliphatic heterocycles. The molecule has 5 heterocycles. The highest BCUT2D eigenvalue weighted by Gasteiger charge is 2.23. The van der Waals surface area contributed by atoms with Crippen LogP contribution in [0, 0.1) is 13.8 Å². The van der Waals surface area contributed by atoms with E-state index in [1.807, 2.05) is 65.8 Å². The summed E-state index contributed by atoms with van der Waals surface area (Å²) in [5, 5.41) is 16.4. The van der Waals surface area contributed by atoms with Crippen LogP contribution >= 0.6 is 0 Å². The number of hydrogen-bond donors (Lipinski definition) is 2. The van der Waals surface area contributed by atoms with Gasteiger partial charge in [0.2, 0.25) is 11.9 Å². The van der Waals surface area contributed by atoms with E-state index in [4.69, 9.17) is 29.2 Å². The fourth-order valence-corrected chi connectivity index (χ4v) is 8.20. The number of nitrogens with one attached hydrogen (secondary N) is 2. The number of aldehydes is 1. The first kappa shape index (κ1) is 50.1. The van der Waals surface area contributed by atoms with Gasteiger partial charge in [0.25, 0.3) is 5.91 Å². The summed E-state index contributed by atoms with van der Waals surface area (Å²) >= 11 is 0. The molecular weight excluding hydrogens is 899 g/mol. The van der Waals surface area contributed by atoms with Gasteiger partial charge in [-0.2, -0.15) is 10.2 Å². The van der Waals surface area contributed by atoms with Crippen LogP contribution in [0.1, 0.15) is 95.5 Å². The Balaban J connectivity index is 1.27. The average Bonchev–Trinajstić information content (AvgIpc) is 4.12. The lowest BCUT2D eigenvalue weighted by Crippen LogP contribution is -2.25. The van der Waals surface area contributed by atoms with Crippen LogP contribution in [0.25, 0.3) is 44.5 Å². The molecule has 0 spiro atoms. The van der Waals surface area contributed by atoms with Gasteiger partial charge in [-0.05, 0) is 83.9 Å². The number of ketones is 1. The highest BCUT2D eigenvalue weighted by Crippen LogP contribution is 2.37. The molecule has 2 aromatic carbocycles. The maximum Gasteiger partial charge on any atom is 0.305 e. The second-order valence-electron chi connectivity index (χ2n) is 16.6. The fraction of sp³-hybridized carbons (Fsp3) is 0.400. The fourth-order valence-electron chi connectivity index (χ4n) is 8.20. The second-order valence-corrected chi connectivity index (χ2v) is 16.6. The molecule has 0 aliphatic carbocycles. The topological polar surface area (TPSA) is 230 Å². The van der Waals surface area contributed by atoms with Gasteiger partial charge in [-0.1, -0.05) is 12.2 Å². The van der Waals surface area contributed by atoms with Gasteiger partial charge < -0.3 is 33.4 Å². The number of imidazole rings is 1. The highest BCUT2D eigenvalue weighted by atomic mass is 16.5. The maximum atomic E-state index is 13.9. The Labute approximate surface area is 404 Å². The molecule has 0 unspecified atom stereocenters. The van der Waals surface area contributed by atoms with Crippen molar-refractivity contribution in [2.24, 2.45) is 0 Å². The highest BCUT2D eigenvalue weighted by molar-refractivity contribution is 6.12. The van der Waals surface area contributed by atoms with Crippen LogP contribution in [-0.2, 0) is 45.2 Å². The third-order valence-electron chi connectivity index (χ3n) is 11.5. The van der Waals surface area contributed by atoms with Gasteiger partial charge >= 0.3 is 5.97 Å². The zero-order chi connectivity index (χ0) is 49.9. The molecule has 0 saturated carbocycles. The third-order valence-corrected chi connectivity index (χ3v) is 11.5. The Kier molecular flexibility index (Phi) is 16.5. The van der Waals surface area contributed by atoms with E-state index in [1.165, 1.54) is 14.0 Å².